The molecule has 8 heteroatoms. The number of esters is 2. The van der Waals surface area contributed by atoms with Crippen molar-refractivity contribution in [3.05, 3.63) is 41.1 Å². The van der Waals surface area contributed by atoms with Gasteiger partial charge < -0.3 is 24.8 Å². The molecule has 0 bridgehead atoms. The van der Waals surface area contributed by atoms with Gasteiger partial charge in [0, 0.05) is 6.54 Å². The van der Waals surface area contributed by atoms with E-state index in [0.717, 1.165) is 0 Å². The third-order valence-electron chi connectivity index (χ3n) is 3.64. The first-order chi connectivity index (χ1) is 12.0. The van der Waals surface area contributed by atoms with Crippen molar-refractivity contribution in [1.82, 2.24) is 4.90 Å². The molecule has 1 aliphatic rings. The zero-order chi connectivity index (χ0) is 18.4. The molecule has 2 rings (SSSR count). The van der Waals surface area contributed by atoms with Crippen LogP contribution in [0.4, 0.5) is 5.69 Å². The van der Waals surface area contributed by atoms with Crippen LogP contribution in [0.2, 0.25) is 0 Å². The van der Waals surface area contributed by atoms with E-state index >= 15 is 0 Å². The minimum atomic E-state index is -0.648. The van der Waals surface area contributed by atoms with Crippen LogP contribution >= 0.6 is 0 Å². The van der Waals surface area contributed by atoms with Crippen molar-refractivity contribution >= 4 is 23.5 Å². The lowest BCUT2D eigenvalue weighted by molar-refractivity contribution is -0.136. The number of amides is 1. The Morgan fingerprint density at radius 2 is 2.00 bits per heavy atom. The van der Waals surface area contributed by atoms with E-state index in [0.29, 0.717) is 5.69 Å². The number of β-amino-alcohol motifs (C(OH)–C–C–N with tert-alkyl or cyclic N) is 1. The standard InChI is InChI=1S/C17H20N2O6/c1-3-25-17(23)11-6-4-5-7-13(11)18-14-12(16(22)24-2)10-19(8-9-20)15(14)21/h4-7,18,20H,3,8-10H2,1-2H3. The van der Waals surface area contributed by atoms with E-state index in [-0.39, 0.29) is 43.1 Å². The lowest BCUT2D eigenvalue weighted by Crippen LogP contribution is -2.31. The van der Waals surface area contributed by atoms with Gasteiger partial charge in [0.15, 0.2) is 0 Å². The number of nitrogens with zero attached hydrogens (tertiary/aromatic N) is 1. The number of anilines is 1. The second kappa shape index (κ2) is 8.29. The van der Waals surface area contributed by atoms with E-state index < -0.39 is 17.8 Å². The maximum atomic E-state index is 12.5. The number of hydrogen-bond donors (Lipinski definition) is 2. The third kappa shape index (κ3) is 3.97. The first kappa shape index (κ1) is 18.5. The maximum absolute atomic E-state index is 12.5. The second-order valence-corrected chi connectivity index (χ2v) is 5.19. The van der Waals surface area contributed by atoms with Crippen molar-refractivity contribution in [2.45, 2.75) is 6.92 Å². The number of aliphatic hydroxyl groups is 1. The first-order valence-corrected chi connectivity index (χ1v) is 7.78. The molecule has 1 heterocycles. The SMILES string of the molecule is CCOC(=O)c1ccccc1NC1=C(C(=O)OC)CN(CCO)C1=O. The van der Waals surface area contributed by atoms with Gasteiger partial charge in [-0.15, -0.1) is 0 Å². The Bertz CT molecular complexity index is 713. The van der Waals surface area contributed by atoms with Crippen LogP contribution in [-0.4, -0.2) is 61.3 Å². The van der Waals surface area contributed by atoms with Crippen molar-refractivity contribution in [2.75, 3.05) is 38.7 Å². The molecule has 134 valence electrons. The van der Waals surface area contributed by atoms with Crippen LogP contribution < -0.4 is 5.32 Å². The molecule has 0 radical (unpaired) electrons. The number of carbonyl (C=O) groups is 3. The summed E-state index contributed by atoms with van der Waals surface area (Å²) in [5.74, 6) is -1.64. The van der Waals surface area contributed by atoms with Crippen molar-refractivity contribution in [2.24, 2.45) is 0 Å². The minimum absolute atomic E-state index is 0.0238. The third-order valence-corrected chi connectivity index (χ3v) is 3.64. The van der Waals surface area contributed by atoms with Crippen LogP contribution in [0.15, 0.2) is 35.5 Å². The normalized spacial score (nSPS) is 13.9. The zero-order valence-electron chi connectivity index (χ0n) is 14.1. The van der Waals surface area contributed by atoms with E-state index in [4.69, 9.17) is 14.6 Å². The van der Waals surface area contributed by atoms with Gasteiger partial charge in [0.25, 0.3) is 5.91 Å². The van der Waals surface area contributed by atoms with Crippen molar-refractivity contribution in [3.8, 4) is 0 Å². The summed E-state index contributed by atoms with van der Waals surface area (Å²) in [6, 6.07) is 6.52. The van der Waals surface area contributed by atoms with Gasteiger partial charge in [0.2, 0.25) is 0 Å². The van der Waals surface area contributed by atoms with Gasteiger partial charge in [-0.05, 0) is 19.1 Å². The van der Waals surface area contributed by atoms with Crippen LogP contribution in [0.25, 0.3) is 0 Å². The number of ether oxygens (including phenoxy) is 2. The molecule has 0 aromatic heterocycles. The molecule has 8 nitrogen and oxygen atoms in total. The summed E-state index contributed by atoms with van der Waals surface area (Å²) in [6.07, 6.45) is 0. The Balaban J connectivity index is 2.37. The Kier molecular flexibility index (Phi) is 6.13. The molecule has 2 N–H and O–H groups in total. The topological polar surface area (TPSA) is 105 Å². The van der Waals surface area contributed by atoms with Crippen LogP contribution in [0.5, 0.6) is 0 Å². The van der Waals surface area contributed by atoms with Gasteiger partial charge in [0.1, 0.15) is 5.70 Å². The predicted molar refractivity (Wildman–Crippen MR) is 88.7 cm³/mol. The lowest BCUT2D eigenvalue weighted by Gasteiger charge is -2.15. The van der Waals surface area contributed by atoms with Gasteiger partial charge in [-0.1, -0.05) is 12.1 Å². The molecule has 0 aliphatic carbocycles. The molecule has 1 aliphatic heterocycles. The summed E-state index contributed by atoms with van der Waals surface area (Å²) in [6.45, 7) is 1.79. The van der Waals surface area contributed by atoms with Crippen molar-refractivity contribution in [3.63, 3.8) is 0 Å². The molecule has 1 aromatic carbocycles. The summed E-state index contributed by atoms with van der Waals surface area (Å²) in [4.78, 5) is 37.9. The Labute approximate surface area is 145 Å². The number of nitrogens with one attached hydrogen (secondary N) is 1. The molecule has 0 fully saturated rings. The van der Waals surface area contributed by atoms with Crippen molar-refractivity contribution < 1.29 is 29.0 Å². The van der Waals surface area contributed by atoms with E-state index in [1.165, 1.54) is 12.0 Å². The number of hydrogen-bond acceptors (Lipinski definition) is 7. The predicted octanol–water partition coefficient (Wildman–Crippen LogP) is 0.537. The van der Waals surface area contributed by atoms with Gasteiger partial charge in [-0.3, -0.25) is 4.79 Å². The average molecular weight is 348 g/mol. The van der Waals surface area contributed by atoms with Gasteiger partial charge in [-0.2, -0.15) is 0 Å². The second-order valence-electron chi connectivity index (χ2n) is 5.19. The fourth-order valence-electron chi connectivity index (χ4n) is 2.46. The van der Waals surface area contributed by atoms with Gasteiger partial charge in [-0.25, -0.2) is 9.59 Å². The average Bonchev–Trinajstić information content (AvgIpc) is 2.92. The van der Waals surface area contributed by atoms with Crippen LogP contribution in [0, 0.1) is 0 Å². The summed E-state index contributed by atoms with van der Waals surface area (Å²) < 4.78 is 9.72. The first-order valence-electron chi connectivity index (χ1n) is 7.78. The molecule has 1 aromatic rings. The fourth-order valence-corrected chi connectivity index (χ4v) is 2.46. The van der Waals surface area contributed by atoms with Gasteiger partial charge in [0.05, 0.1) is 43.7 Å². The highest BCUT2D eigenvalue weighted by Gasteiger charge is 2.34. The lowest BCUT2D eigenvalue weighted by atomic mass is 10.1. The monoisotopic (exact) mass is 348 g/mol. The fraction of sp³-hybridized carbons (Fsp3) is 0.353. The molecule has 0 unspecified atom stereocenters. The summed E-state index contributed by atoms with van der Waals surface area (Å²) in [5, 5.41) is 11.9. The Morgan fingerprint density at radius 1 is 1.28 bits per heavy atom. The molecule has 1 amide bonds. The Hall–Kier alpha value is -2.87. The van der Waals surface area contributed by atoms with E-state index in [2.05, 4.69) is 5.32 Å². The van der Waals surface area contributed by atoms with E-state index in [1.54, 1.807) is 31.2 Å². The summed E-state index contributed by atoms with van der Waals surface area (Å²) in [5.41, 5.74) is 0.752. The highest BCUT2D eigenvalue weighted by atomic mass is 16.5. The minimum Gasteiger partial charge on any atom is -0.466 e. The molecule has 0 spiro atoms. The largest absolute Gasteiger partial charge is 0.466 e. The molecular weight excluding hydrogens is 328 g/mol. The van der Waals surface area contributed by atoms with Crippen LogP contribution in [0.3, 0.4) is 0 Å². The quantitative estimate of drug-likeness (QED) is 0.693. The molecule has 0 atom stereocenters. The molecule has 0 saturated heterocycles. The van der Waals surface area contributed by atoms with E-state index in [1.807, 2.05) is 0 Å². The molecular formula is C17H20N2O6. The number of rotatable bonds is 7. The summed E-state index contributed by atoms with van der Waals surface area (Å²) >= 11 is 0. The number of methoxy groups -OCH3 is 1. The zero-order valence-corrected chi connectivity index (χ0v) is 14.1. The van der Waals surface area contributed by atoms with E-state index in [9.17, 15) is 14.4 Å². The highest BCUT2D eigenvalue weighted by Crippen LogP contribution is 2.25. The molecule has 25 heavy (non-hydrogen) atoms. The van der Waals surface area contributed by atoms with Crippen LogP contribution in [0.1, 0.15) is 17.3 Å². The maximum Gasteiger partial charge on any atom is 0.340 e. The van der Waals surface area contributed by atoms with Crippen LogP contribution in [-0.2, 0) is 19.1 Å². The number of carbonyl (C=O) groups excluding carboxylic acids is 3. The number of aliphatic hydroxyl groups excluding tert-OH is 1. The number of para-hydroxylation sites is 1. The van der Waals surface area contributed by atoms with Gasteiger partial charge >= 0.3 is 11.9 Å². The van der Waals surface area contributed by atoms with Crippen molar-refractivity contribution in [1.29, 1.82) is 0 Å². The smallest absolute Gasteiger partial charge is 0.340 e. The highest BCUT2D eigenvalue weighted by molar-refractivity contribution is 6.09. The Morgan fingerprint density at radius 3 is 2.64 bits per heavy atom. The number of benzene rings is 1. The summed E-state index contributed by atoms with van der Waals surface area (Å²) in [7, 11) is 1.22. The molecule has 0 saturated carbocycles.